The summed E-state index contributed by atoms with van der Waals surface area (Å²) in [6, 6.07) is 59.9. The van der Waals surface area contributed by atoms with Gasteiger partial charge in [-0.25, -0.2) is 0 Å². The van der Waals surface area contributed by atoms with Crippen molar-refractivity contribution in [2.75, 3.05) is 0 Å². The Morgan fingerprint density at radius 2 is 0.814 bits per heavy atom. The molecule has 0 aromatic heterocycles. The number of hydrogen-bond donors (Lipinski definition) is 0. The quantitative estimate of drug-likeness (QED) is 0.189. The van der Waals surface area contributed by atoms with E-state index >= 15 is 0 Å². The van der Waals surface area contributed by atoms with Gasteiger partial charge in [0.25, 0.3) is 0 Å². The maximum absolute atomic E-state index is 2.41. The molecule has 0 heteroatoms. The van der Waals surface area contributed by atoms with Crippen LogP contribution in [0, 0.1) is 6.92 Å². The normalized spacial score (nSPS) is 11.4. The zero-order chi connectivity index (χ0) is 28.8. The van der Waals surface area contributed by atoms with Crippen LogP contribution in [0.15, 0.2) is 164 Å². The van der Waals surface area contributed by atoms with Gasteiger partial charge in [-0.2, -0.15) is 0 Å². The van der Waals surface area contributed by atoms with E-state index in [1.807, 2.05) is 0 Å². The first-order chi connectivity index (χ1) is 21.3. The van der Waals surface area contributed by atoms with E-state index in [0.29, 0.717) is 0 Å². The van der Waals surface area contributed by atoms with Crippen molar-refractivity contribution >= 4 is 53.9 Å². The molecular formula is C43H30. The highest BCUT2D eigenvalue weighted by Crippen LogP contribution is 2.40. The van der Waals surface area contributed by atoms with Gasteiger partial charge in [0.2, 0.25) is 0 Å². The van der Waals surface area contributed by atoms with Crippen molar-refractivity contribution in [2.45, 2.75) is 6.92 Å². The van der Waals surface area contributed by atoms with Crippen molar-refractivity contribution in [3.63, 3.8) is 0 Å². The highest BCUT2D eigenvalue weighted by Gasteiger charge is 2.13. The van der Waals surface area contributed by atoms with Crippen molar-refractivity contribution in [3.05, 3.63) is 169 Å². The molecule has 8 rings (SSSR count). The minimum Gasteiger partial charge on any atom is -0.0622 e. The molecule has 8 aromatic rings. The van der Waals surface area contributed by atoms with Crippen LogP contribution in [0.4, 0.5) is 0 Å². The fourth-order valence-electron chi connectivity index (χ4n) is 6.79. The van der Waals surface area contributed by atoms with Crippen LogP contribution in [0.2, 0.25) is 0 Å². The van der Waals surface area contributed by atoms with Crippen LogP contribution in [-0.4, -0.2) is 0 Å². The van der Waals surface area contributed by atoms with Crippen molar-refractivity contribution in [1.82, 2.24) is 0 Å². The van der Waals surface area contributed by atoms with Gasteiger partial charge in [0.1, 0.15) is 0 Å². The number of aryl methyl sites for hydroxylation is 1. The lowest BCUT2D eigenvalue weighted by Gasteiger charge is -2.15. The highest BCUT2D eigenvalue weighted by atomic mass is 14.2. The van der Waals surface area contributed by atoms with E-state index in [1.165, 1.54) is 81.7 Å². The molecule has 0 spiro atoms. The molecule has 43 heavy (non-hydrogen) atoms. The molecule has 202 valence electrons. The van der Waals surface area contributed by atoms with Crippen LogP contribution >= 0.6 is 0 Å². The zero-order valence-corrected chi connectivity index (χ0v) is 24.1. The van der Waals surface area contributed by atoms with Gasteiger partial charge < -0.3 is 0 Å². The van der Waals surface area contributed by atoms with E-state index in [0.717, 1.165) is 0 Å². The molecule has 0 nitrogen and oxygen atoms in total. The zero-order valence-electron chi connectivity index (χ0n) is 24.1. The lowest BCUT2D eigenvalue weighted by molar-refractivity contribution is 1.50. The Morgan fingerprint density at radius 3 is 1.53 bits per heavy atom. The van der Waals surface area contributed by atoms with Crippen LogP contribution in [0.5, 0.6) is 0 Å². The summed E-state index contributed by atoms with van der Waals surface area (Å²) in [4.78, 5) is 0. The molecule has 8 aromatic carbocycles. The predicted octanol–water partition coefficient (Wildman–Crippen LogP) is 12.2. The molecule has 0 saturated heterocycles. The average molecular weight is 547 g/mol. The maximum atomic E-state index is 2.41. The molecule has 0 saturated carbocycles. The molecule has 0 aliphatic rings. The maximum Gasteiger partial charge on any atom is -0.00757 e. The number of hydrogen-bond acceptors (Lipinski definition) is 0. The van der Waals surface area contributed by atoms with Gasteiger partial charge in [-0.15, -0.1) is 0 Å². The monoisotopic (exact) mass is 546 g/mol. The minimum absolute atomic E-state index is 1.22. The molecule has 0 amide bonds. The third kappa shape index (κ3) is 4.31. The fourth-order valence-corrected chi connectivity index (χ4v) is 6.79. The smallest absolute Gasteiger partial charge is 0.00757 e. The van der Waals surface area contributed by atoms with Crippen molar-refractivity contribution in [1.29, 1.82) is 0 Å². The molecule has 0 aliphatic carbocycles. The van der Waals surface area contributed by atoms with Crippen LogP contribution in [0.25, 0.3) is 76.1 Å². The van der Waals surface area contributed by atoms with Gasteiger partial charge in [0, 0.05) is 0 Å². The predicted molar refractivity (Wildman–Crippen MR) is 187 cm³/mol. The molecular weight excluding hydrogens is 516 g/mol. The Hall–Kier alpha value is -5.46. The van der Waals surface area contributed by atoms with E-state index in [4.69, 9.17) is 0 Å². The molecule has 0 fully saturated rings. The molecule has 0 heterocycles. The minimum atomic E-state index is 1.22. The topological polar surface area (TPSA) is 0 Å². The lowest BCUT2D eigenvalue weighted by atomic mass is 9.89. The highest BCUT2D eigenvalue weighted by molar-refractivity contribution is 6.26. The first-order valence-corrected chi connectivity index (χ1v) is 14.9. The Labute approximate surface area is 251 Å². The van der Waals surface area contributed by atoms with Crippen LogP contribution in [0.1, 0.15) is 5.56 Å². The van der Waals surface area contributed by atoms with Gasteiger partial charge in [0.05, 0.1) is 0 Å². The Balaban J connectivity index is 1.48. The average Bonchev–Trinajstić information content (AvgIpc) is 3.07. The van der Waals surface area contributed by atoms with Crippen LogP contribution in [-0.2, 0) is 0 Å². The van der Waals surface area contributed by atoms with Gasteiger partial charge in [-0.05, 0) is 101 Å². The summed E-state index contributed by atoms with van der Waals surface area (Å²) in [5.41, 5.74) is 6.16. The summed E-state index contributed by atoms with van der Waals surface area (Å²) in [7, 11) is 0. The largest absolute Gasteiger partial charge is 0.0622 e. The molecule has 0 unspecified atom stereocenters. The fraction of sp³-hybridized carbons (Fsp3) is 0.0233. The summed E-state index contributed by atoms with van der Waals surface area (Å²) < 4.78 is 0. The first-order valence-electron chi connectivity index (χ1n) is 14.9. The Morgan fingerprint density at radius 1 is 0.302 bits per heavy atom. The third-order valence-corrected chi connectivity index (χ3v) is 8.81. The van der Waals surface area contributed by atoms with Crippen LogP contribution in [0.3, 0.4) is 0 Å². The Kier molecular flexibility index (Phi) is 6.12. The summed E-state index contributed by atoms with van der Waals surface area (Å²) in [6.45, 7) is 2.24. The molecule has 0 aliphatic heterocycles. The molecule has 0 bridgehead atoms. The molecule has 0 N–H and O–H groups in total. The molecule has 0 radical (unpaired) electrons. The van der Waals surface area contributed by atoms with Gasteiger partial charge in [-0.1, -0.05) is 152 Å². The van der Waals surface area contributed by atoms with Crippen molar-refractivity contribution in [2.24, 2.45) is 0 Å². The summed E-state index contributed by atoms with van der Waals surface area (Å²) in [6.07, 6.45) is 0. The number of benzene rings is 7. The van der Waals surface area contributed by atoms with E-state index in [1.54, 1.807) is 0 Å². The lowest BCUT2D eigenvalue weighted by Crippen LogP contribution is -1.88. The third-order valence-electron chi connectivity index (χ3n) is 8.81. The number of fused-ring (bicyclic) bond motifs is 8. The van der Waals surface area contributed by atoms with Crippen molar-refractivity contribution in [3.8, 4) is 22.3 Å². The van der Waals surface area contributed by atoms with E-state index < -0.39 is 0 Å². The van der Waals surface area contributed by atoms with Gasteiger partial charge in [-0.3, -0.25) is 0 Å². The second-order valence-corrected chi connectivity index (χ2v) is 11.3. The van der Waals surface area contributed by atoms with Gasteiger partial charge >= 0.3 is 0 Å². The standard InChI is InChI=1S/C43H30/c1-29-13-3-2-4-16-34(32-24-23-30-14-5-6-15-31(30)27-32)35-17-11-12-22-41(35)43(29)33-25-26-40-38-20-8-7-18-36(38)37-19-9-10-21-39(37)42(40)28-33/h2-28H,1H3. The van der Waals surface area contributed by atoms with Crippen molar-refractivity contribution < 1.29 is 0 Å². The second kappa shape index (κ2) is 10.4. The molecule has 0 atom stereocenters. The van der Waals surface area contributed by atoms with Gasteiger partial charge in [0.15, 0.2) is 0 Å². The Bertz CT molecular complexity index is 2370. The SMILES string of the molecule is Cc1cccccc(-c2ccc3ccccc3c2)c2ccccc2c1-c1ccc2c3ccccc3c3ccccc3c2c1. The van der Waals surface area contributed by atoms with E-state index in [2.05, 4.69) is 171 Å². The first kappa shape index (κ1) is 25.3. The van der Waals surface area contributed by atoms with E-state index in [-0.39, 0.29) is 0 Å². The van der Waals surface area contributed by atoms with Crippen LogP contribution < -0.4 is 0 Å². The second-order valence-electron chi connectivity index (χ2n) is 11.3. The summed E-state index contributed by atoms with van der Waals surface area (Å²) >= 11 is 0. The van der Waals surface area contributed by atoms with E-state index in [9.17, 15) is 0 Å². The summed E-state index contributed by atoms with van der Waals surface area (Å²) in [5.74, 6) is 0. The summed E-state index contributed by atoms with van der Waals surface area (Å²) in [5, 5.41) is 12.7. The number of rotatable bonds is 2.